The van der Waals surface area contributed by atoms with Gasteiger partial charge in [-0.2, -0.15) is 0 Å². The number of hydrogen-bond acceptors (Lipinski definition) is 4. The van der Waals surface area contributed by atoms with Gasteiger partial charge >= 0.3 is 11.9 Å². The number of benzene rings is 2. The monoisotopic (exact) mass is 418 g/mol. The van der Waals surface area contributed by atoms with E-state index in [0.29, 0.717) is 11.1 Å². The summed E-state index contributed by atoms with van der Waals surface area (Å²) in [6, 6.07) is 16.6. The van der Waals surface area contributed by atoms with Crippen molar-refractivity contribution in [1.82, 2.24) is 0 Å². The first kappa shape index (κ1) is 27.3. The number of carboxylic acid groups (broad SMARTS) is 2. The molecule has 0 bridgehead atoms. The lowest BCUT2D eigenvalue weighted by atomic mass is 9.92. The number of aromatic carboxylic acids is 2. The highest BCUT2D eigenvalue weighted by molar-refractivity contribution is 5.87. The Bertz CT molecular complexity index is 641. The second kappa shape index (κ2) is 16.1. The smallest absolute Gasteiger partial charge is 0.335 e. The Labute approximate surface area is 178 Å². The molecule has 0 aliphatic carbocycles. The Morgan fingerprint density at radius 2 is 1.00 bits per heavy atom. The summed E-state index contributed by atoms with van der Waals surface area (Å²) in [6.07, 6.45) is 2.87. The third kappa shape index (κ3) is 12.0. The van der Waals surface area contributed by atoms with Gasteiger partial charge in [-0.25, -0.2) is 9.59 Å². The molecule has 0 saturated heterocycles. The van der Waals surface area contributed by atoms with E-state index in [9.17, 15) is 19.8 Å². The van der Waals surface area contributed by atoms with Crippen LogP contribution >= 0.6 is 0 Å². The molecule has 0 aliphatic heterocycles. The summed E-state index contributed by atoms with van der Waals surface area (Å²) >= 11 is 0. The summed E-state index contributed by atoms with van der Waals surface area (Å²) in [5.41, 5.74) is 0.662. The summed E-state index contributed by atoms with van der Waals surface area (Å²) in [7, 11) is 0. The first-order valence-electron chi connectivity index (χ1n) is 10.2. The lowest BCUT2D eigenvalue weighted by Gasteiger charge is -2.23. The second-order valence-corrected chi connectivity index (χ2v) is 6.91. The standard InChI is InChI=1S/C10H22O2.2C7H6O2/c1-4-6-9(11)8(3)10(12)7-5-2;2*8-7(9)6-4-2-1-3-5-6/h8-12H,4-7H2,1-3H3;2*1-5H,(H,8,9). The van der Waals surface area contributed by atoms with Crippen molar-refractivity contribution >= 4 is 11.9 Å². The molecular formula is C24H34O6. The van der Waals surface area contributed by atoms with Gasteiger partial charge in [0, 0.05) is 5.92 Å². The van der Waals surface area contributed by atoms with E-state index in [2.05, 4.69) is 0 Å². The molecule has 30 heavy (non-hydrogen) atoms. The quantitative estimate of drug-likeness (QED) is 0.493. The minimum absolute atomic E-state index is 0.0184. The largest absolute Gasteiger partial charge is 0.478 e. The predicted octanol–water partition coefficient (Wildman–Crippen LogP) is 4.71. The Morgan fingerprint density at radius 3 is 1.20 bits per heavy atom. The molecular weight excluding hydrogens is 384 g/mol. The van der Waals surface area contributed by atoms with Gasteiger partial charge in [-0.15, -0.1) is 0 Å². The molecule has 0 amide bonds. The highest BCUT2D eigenvalue weighted by atomic mass is 16.4. The first-order chi connectivity index (χ1) is 14.2. The number of hydrogen-bond donors (Lipinski definition) is 4. The van der Waals surface area contributed by atoms with Crippen LogP contribution in [0.4, 0.5) is 0 Å². The Balaban J connectivity index is 0.000000426. The van der Waals surface area contributed by atoms with Crippen LogP contribution in [0.1, 0.15) is 67.2 Å². The van der Waals surface area contributed by atoms with Crippen molar-refractivity contribution in [3.63, 3.8) is 0 Å². The van der Waals surface area contributed by atoms with Crippen LogP contribution in [0.25, 0.3) is 0 Å². The van der Waals surface area contributed by atoms with Gasteiger partial charge in [0.15, 0.2) is 0 Å². The Hall–Kier alpha value is -2.70. The van der Waals surface area contributed by atoms with E-state index in [1.165, 1.54) is 0 Å². The molecule has 0 saturated carbocycles. The van der Waals surface area contributed by atoms with Crippen molar-refractivity contribution in [2.24, 2.45) is 5.92 Å². The molecule has 2 rings (SSSR count). The molecule has 4 N–H and O–H groups in total. The van der Waals surface area contributed by atoms with Crippen molar-refractivity contribution in [1.29, 1.82) is 0 Å². The number of carbonyl (C=O) groups is 2. The predicted molar refractivity (Wildman–Crippen MR) is 118 cm³/mol. The Morgan fingerprint density at radius 1 is 0.700 bits per heavy atom. The van der Waals surface area contributed by atoms with Crippen LogP contribution in [-0.2, 0) is 0 Å². The average molecular weight is 419 g/mol. The van der Waals surface area contributed by atoms with Gasteiger partial charge in [0.2, 0.25) is 0 Å². The molecule has 166 valence electrons. The van der Waals surface area contributed by atoms with Gasteiger partial charge in [-0.3, -0.25) is 0 Å². The zero-order valence-corrected chi connectivity index (χ0v) is 17.9. The normalized spacial score (nSPS) is 12.8. The number of carboxylic acids is 2. The summed E-state index contributed by atoms with van der Waals surface area (Å²) in [5.74, 6) is -1.74. The molecule has 0 heterocycles. The molecule has 0 aliphatic rings. The van der Waals surface area contributed by atoms with Crippen molar-refractivity contribution in [3.8, 4) is 0 Å². The van der Waals surface area contributed by atoms with Crippen LogP contribution < -0.4 is 0 Å². The van der Waals surface area contributed by atoms with Crippen LogP contribution in [0.15, 0.2) is 60.7 Å². The fourth-order valence-electron chi connectivity index (χ4n) is 2.54. The highest BCUT2D eigenvalue weighted by Crippen LogP contribution is 2.16. The van der Waals surface area contributed by atoms with Crippen molar-refractivity contribution in [3.05, 3.63) is 71.8 Å². The Kier molecular flexibility index (Phi) is 14.7. The topological polar surface area (TPSA) is 115 Å². The molecule has 6 heteroatoms. The summed E-state index contributed by atoms with van der Waals surface area (Å²) in [5, 5.41) is 35.9. The van der Waals surface area contributed by atoms with Crippen LogP contribution in [0.5, 0.6) is 0 Å². The van der Waals surface area contributed by atoms with Crippen LogP contribution in [-0.4, -0.2) is 44.6 Å². The van der Waals surface area contributed by atoms with Gasteiger partial charge < -0.3 is 20.4 Å². The van der Waals surface area contributed by atoms with Crippen molar-refractivity contribution in [2.45, 2.75) is 58.7 Å². The van der Waals surface area contributed by atoms with E-state index in [-0.39, 0.29) is 18.1 Å². The van der Waals surface area contributed by atoms with E-state index in [1.807, 2.05) is 20.8 Å². The van der Waals surface area contributed by atoms with E-state index < -0.39 is 11.9 Å². The highest BCUT2D eigenvalue weighted by Gasteiger charge is 2.20. The molecule has 2 unspecified atom stereocenters. The molecule has 0 spiro atoms. The molecule has 0 aromatic heterocycles. The third-order valence-corrected chi connectivity index (χ3v) is 4.42. The van der Waals surface area contributed by atoms with Gasteiger partial charge in [-0.1, -0.05) is 70.0 Å². The fourth-order valence-corrected chi connectivity index (χ4v) is 2.54. The van der Waals surface area contributed by atoms with Crippen molar-refractivity contribution in [2.75, 3.05) is 0 Å². The summed E-state index contributed by atoms with van der Waals surface area (Å²) in [6.45, 7) is 6.00. The zero-order valence-electron chi connectivity index (χ0n) is 17.9. The fraction of sp³-hybridized carbons (Fsp3) is 0.417. The van der Waals surface area contributed by atoms with E-state index in [4.69, 9.17) is 10.2 Å². The number of aliphatic hydroxyl groups excluding tert-OH is 2. The average Bonchev–Trinajstić information content (AvgIpc) is 2.75. The van der Waals surface area contributed by atoms with Gasteiger partial charge in [-0.05, 0) is 37.1 Å². The maximum Gasteiger partial charge on any atom is 0.335 e. The number of aliphatic hydroxyl groups is 2. The maximum absolute atomic E-state index is 10.2. The lowest BCUT2D eigenvalue weighted by molar-refractivity contribution is 0.0132. The van der Waals surface area contributed by atoms with E-state index in [1.54, 1.807) is 60.7 Å². The third-order valence-electron chi connectivity index (χ3n) is 4.42. The molecule has 0 radical (unpaired) electrons. The molecule has 6 nitrogen and oxygen atoms in total. The van der Waals surface area contributed by atoms with Crippen LogP contribution in [0, 0.1) is 5.92 Å². The molecule has 2 aromatic rings. The zero-order chi connectivity index (χ0) is 22.9. The summed E-state index contributed by atoms with van der Waals surface area (Å²) < 4.78 is 0. The maximum atomic E-state index is 10.2. The summed E-state index contributed by atoms with van der Waals surface area (Å²) in [4.78, 5) is 20.4. The SMILES string of the molecule is CCCC(O)C(C)C(O)CCC.O=C(O)c1ccccc1.O=C(O)c1ccccc1. The van der Waals surface area contributed by atoms with Gasteiger partial charge in [0.25, 0.3) is 0 Å². The first-order valence-corrected chi connectivity index (χ1v) is 10.2. The minimum Gasteiger partial charge on any atom is -0.478 e. The number of rotatable bonds is 8. The minimum atomic E-state index is -0.879. The van der Waals surface area contributed by atoms with E-state index in [0.717, 1.165) is 25.7 Å². The second-order valence-electron chi connectivity index (χ2n) is 6.91. The van der Waals surface area contributed by atoms with E-state index >= 15 is 0 Å². The van der Waals surface area contributed by atoms with Gasteiger partial charge in [0.05, 0.1) is 23.3 Å². The van der Waals surface area contributed by atoms with Gasteiger partial charge in [0.1, 0.15) is 0 Å². The lowest BCUT2D eigenvalue weighted by Crippen LogP contribution is -2.29. The van der Waals surface area contributed by atoms with Crippen LogP contribution in [0.3, 0.4) is 0 Å². The molecule has 2 aromatic carbocycles. The molecule has 0 fully saturated rings. The molecule has 2 atom stereocenters. The van der Waals surface area contributed by atoms with Crippen LogP contribution in [0.2, 0.25) is 0 Å². The van der Waals surface area contributed by atoms with Crippen molar-refractivity contribution < 1.29 is 30.0 Å².